The van der Waals surface area contributed by atoms with Crippen LogP contribution in [-0.4, -0.2) is 18.4 Å². The predicted octanol–water partition coefficient (Wildman–Crippen LogP) is 3.55. The number of nitrogen functional groups attached to an aromatic ring is 1. The number of benzene rings is 2. The number of nitrogens with one attached hydrogen (secondary N) is 1. The Balaban J connectivity index is 1.84. The average molecular weight is 394 g/mol. The first-order chi connectivity index (χ1) is 12.6. The van der Waals surface area contributed by atoms with Gasteiger partial charge in [0.05, 0.1) is 16.2 Å². The first-order valence-corrected chi connectivity index (χ1v) is 9.02. The van der Waals surface area contributed by atoms with Gasteiger partial charge in [-0.2, -0.15) is 13.2 Å². The molecule has 0 amide bonds. The molecule has 3 aromatic rings. The molecule has 0 fully saturated rings. The van der Waals surface area contributed by atoms with Crippen molar-refractivity contribution in [2.45, 2.75) is 11.1 Å². The Hall–Kier alpha value is -3.14. The Morgan fingerprint density at radius 2 is 1.70 bits per heavy atom. The number of anilines is 2. The number of aromatic nitrogens is 2. The molecular weight excluding hydrogens is 381 g/mol. The highest BCUT2D eigenvalue weighted by molar-refractivity contribution is 7.92. The summed E-state index contributed by atoms with van der Waals surface area (Å²) in [6, 6.07) is 11.3. The van der Waals surface area contributed by atoms with Crippen molar-refractivity contribution in [3.05, 3.63) is 66.4 Å². The maximum Gasteiger partial charge on any atom is 0.416 e. The minimum absolute atomic E-state index is 0.0989. The second kappa shape index (κ2) is 6.88. The second-order valence-corrected chi connectivity index (χ2v) is 7.19. The molecule has 0 atom stereocenters. The lowest BCUT2D eigenvalue weighted by molar-refractivity contribution is -0.137. The van der Waals surface area contributed by atoms with Crippen LogP contribution in [0.4, 0.5) is 24.8 Å². The Morgan fingerprint density at radius 3 is 2.33 bits per heavy atom. The van der Waals surface area contributed by atoms with Gasteiger partial charge in [0, 0.05) is 17.4 Å². The van der Waals surface area contributed by atoms with Crippen LogP contribution in [0.1, 0.15) is 5.56 Å². The van der Waals surface area contributed by atoms with Crippen LogP contribution in [0, 0.1) is 0 Å². The number of alkyl halides is 3. The van der Waals surface area contributed by atoms with Gasteiger partial charge in [-0.1, -0.05) is 18.2 Å². The van der Waals surface area contributed by atoms with Crippen molar-refractivity contribution in [2.24, 2.45) is 0 Å². The number of hydrogen-bond acceptors (Lipinski definition) is 5. The van der Waals surface area contributed by atoms with Gasteiger partial charge >= 0.3 is 6.18 Å². The van der Waals surface area contributed by atoms with Crippen molar-refractivity contribution in [3.63, 3.8) is 0 Å². The van der Waals surface area contributed by atoms with Crippen LogP contribution in [0.3, 0.4) is 0 Å². The van der Waals surface area contributed by atoms with E-state index >= 15 is 0 Å². The SMILES string of the molecule is Nc1nccc(-c2ccc(NS(=O)(=O)c3cccc(C(F)(F)F)c3)cc2)n1. The van der Waals surface area contributed by atoms with Crippen LogP contribution in [0.15, 0.2) is 65.7 Å². The van der Waals surface area contributed by atoms with Gasteiger partial charge in [-0.25, -0.2) is 18.4 Å². The zero-order chi connectivity index (χ0) is 19.7. The van der Waals surface area contributed by atoms with Gasteiger partial charge in [0.1, 0.15) is 0 Å². The number of hydrogen-bond donors (Lipinski definition) is 2. The largest absolute Gasteiger partial charge is 0.416 e. The lowest BCUT2D eigenvalue weighted by Gasteiger charge is -2.11. The molecule has 3 N–H and O–H groups in total. The molecule has 0 unspecified atom stereocenters. The van der Waals surface area contributed by atoms with Gasteiger partial charge in [-0.15, -0.1) is 0 Å². The quantitative estimate of drug-likeness (QED) is 0.705. The topological polar surface area (TPSA) is 98.0 Å². The van der Waals surface area contributed by atoms with E-state index in [1.165, 1.54) is 18.3 Å². The molecule has 1 heterocycles. The van der Waals surface area contributed by atoms with Crippen LogP contribution in [0.25, 0.3) is 11.3 Å². The maximum atomic E-state index is 12.8. The van der Waals surface area contributed by atoms with Gasteiger partial charge < -0.3 is 5.73 Å². The van der Waals surface area contributed by atoms with Crippen LogP contribution in [0.5, 0.6) is 0 Å². The Bertz CT molecular complexity index is 1070. The maximum absolute atomic E-state index is 12.8. The third-order valence-electron chi connectivity index (χ3n) is 3.58. The second-order valence-electron chi connectivity index (χ2n) is 5.51. The highest BCUT2D eigenvalue weighted by atomic mass is 32.2. The van der Waals surface area contributed by atoms with E-state index in [0.29, 0.717) is 17.3 Å². The summed E-state index contributed by atoms with van der Waals surface area (Å²) in [5.74, 6) is 0.0989. The van der Waals surface area contributed by atoms with Crippen molar-refractivity contribution < 1.29 is 21.6 Å². The molecule has 0 saturated carbocycles. The van der Waals surface area contributed by atoms with Crippen molar-refractivity contribution in [1.82, 2.24) is 9.97 Å². The molecule has 1 aromatic heterocycles. The van der Waals surface area contributed by atoms with Crippen molar-refractivity contribution in [1.29, 1.82) is 0 Å². The number of nitrogens with zero attached hydrogens (tertiary/aromatic N) is 2. The van der Waals surface area contributed by atoms with Gasteiger partial charge in [-0.05, 0) is 36.4 Å². The predicted molar refractivity (Wildman–Crippen MR) is 94.1 cm³/mol. The molecule has 0 saturated heterocycles. The molecular formula is C17H13F3N4O2S. The smallest absolute Gasteiger partial charge is 0.368 e. The normalized spacial score (nSPS) is 12.0. The number of rotatable bonds is 4. The molecule has 0 aliphatic rings. The minimum atomic E-state index is -4.63. The number of nitrogens with two attached hydrogens (primary N) is 1. The molecule has 0 aliphatic carbocycles. The van der Waals surface area contributed by atoms with Crippen LogP contribution < -0.4 is 10.5 Å². The zero-order valence-corrected chi connectivity index (χ0v) is 14.4. The lowest BCUT2D eigenvalue weighted by Crippen LogP contribution is -2.14. The summed E-state index contributed by atoms with van der Waals surface area (Å²) in [4.78, 5) is 7.35. The monoisotopic (exact) mass is 394 g/mol. The van der Waals surface area contributed by atoms with Crippen molar-refractivity contribution in [3.8, 4) is 11.3 Å². The van der Waals surface area contributed by atoms with E-state index in [-0.39, 0.29) is 11.6 Å². The van der Waals surface area contributed by atoms with E-state index in [0.717, 1.165) is 18.2 Å². The number of sulfonamides is 1. The zero-order valence-electron chi connectivity index (χ0n) is 13.6. The number of halogens is 3. The fourth-order valence-electron chi connectivity index (χ4n) is 2.30. The molecule has 2 aromatic carbocycles. The molecule has 0 bridgehead atoms. The van der Waals surface area contributed by atoms with Gasteiger partial charge in [-0.3, -0.25) is 4.72 Å². The van der Waals surface area contributed by atoms with E-state index in [2.05, 4.69) is 14.7 Å². The molecule has 3 rings (SSSR count). The van der Waals surface area contributed by atoms with Gasteiger partial charge in [0.2, 0.25) is 5.95 Å². The third kappa shape index (κ3) is 4.34. The van der Waals surface area contributed by atoms with Gasteiger partial charge in [0.15, 0.2) is 0 Å². The van der Waals surface area contributed by atoms with E-state index in [9.17, 15) is 21.6 Å². The van der Waals surface area contributed by atoms with E-state index in [4.69, 9.17) is 5.73 Å². The van der Waals surface area contributed by atoms with Crippen molar-refractivity contribution in [2.75, 3.05) is 10.5 Å². The first kappa shape index (κ1) is 18.6. The minimum Gasteiger partial charge on any atom is -0.368 e. The highest BCUT2D eigenvalue weighted by Gasteiger charge is 2.31. The van der Waals surface area contributed by atoms with Crippen LogP contribution in [-0.2, 0) is 16.2 Å². The Labute approximate surface area is 152 Å². The molecule has 10 heteroatoms. The highest BCUT2D eigenvalue weighted by Crippen LogP contribution is 2.31. The molecule has 27 heavy (non-hydrogen) atoms. The summed E-state index contributed by atoms with van der Waals surface area (Å²) in [6.45, 7) is 0. The molecule has 0 radical (unpaired) electrons. The average Bonchev–Trinajstić information content (AvgIpc) is 2.61. The summed E-state index contributed by atoms with van der Waals surface area (Å²) in [6.07, 6.45) is -3.14. The lowest BCUT2D eigenvalue weighted by atomic mass is 10.1. The Kier molecular flexibility index (Phi) is 4.75. The van der Waals surface area contributed by atoms with Crippen LogP contribution in [0.2, 0.25) is 0 Å². The fraction of sp³-hybridized carbons (Fsp3) is 0.0588. The summed E-state index contributed by atoms with van der Waals surface area (Å²) >= 11 is 0. The summed E-state index contributed by atoms with van der Waals surface area (Å²) < 4.78 is 65.3. The fourth-order valence-corrected chi connectivity index (χ4v) is 3.40. The van der Waals surface area contributed by atoms with E-state index in [1.54, 1.807) is 18.2 Å². The molecule has 0 aliphatic heterocycles. The van der Waals surface area contributed by atoms with E-state index < -0.39 is 26.7 Å². The summed E-state index contributed by atoms with van der Waals surface area (Å²) in [7, 11) is -4.18. The van der Waals surface area contributed by atoms with E-state index in [1.807, 2.05) is 0 Å². The molecule has 6 nitrogen and oxygen atoms in total. The van der Waals surface area contributed by atoms with Gasteiger partial charge in [0.25, 0.3) is 10.0 Å². The molecule has 0 spiro atoms. The summed E-state index contributed by atoms with van der Waals surface area (Å²) in [5, 5.41) is 0. The molecule has 140 valence electrons. The Morgan fingerprint density at radius 1 is 1.00 bits per heavy atom. The van der Waals surface area contributed by atoms with Crippen molar-refractivity contribution >= 4 is 21.7 Å². The standard InChI is InChI=1S/C17H13F3N4O2S/c18-17(19,20)12-2-1-3-14(10-12)27(25,26)24-13-6-4-11(5-7-13)15-8-9-22-16(21)23-15/h1-10,24H,(H2,21,22,23). The summed E-state index contributed by atoms with van der Waals surface area (Å²) in [5.41, 5.74) is 5.90. The van der Waals surface area contributed by atoms with Crippen LogP contribution >= 0.6 is 0 Å². The third-order valence-corrected chi connectivity index (χ3v) is 4.96. The first-order valence-electron chi connectivity index (χ1n) is 7.54.